The minimum absolute atomic E-state index is 0. The molecule has 1 nitrogen and oxygen atoms in total. The number of allylic oxidation sites excluding steroid dienone is 3. The van der Waals surface area contributed by atoms with E-state index in [4.69, 9.17) is 0 Å². The molecular formula is C20H32O. The smallest absolute Gasteiger partial charge is 0.0577 e. The van der Waals surface area contributed by atoms with Crippen LogP contribution >= 0.6 is 0 Å². The first-order valence-corrected chi connectivity index (χ1v) is 8.65. The number of hydrogen-bond donors (Lipinski definition) is 1. The number of aliphatic hydroxyl groups excluding tert-OH is 1. The summed E-state index contributed by atoms with van der Waals surface area (Å²) in [6, 6.07) is 0. The van der Waals surface area contributed by atoms with Gasteiger partial charge in [-0.05, 0) is 81.5 Å². The Balaban J connectivity index is 0.00000132. The first kappa shape index (κ1) is 15.3. The molecule has 0 bridgehead atoms. The first-order valence-electron chi connectivity index (χ1n) is 8.65. The van der Waals surface area contributed by atoms with Crippen LogP contribution in [0.4, 0.5) is 0 Å². The van der Waals surface area contributed by atoms with Gasteiger partial charge in [0.1, 0.15) is 0 Å². The first-order chi connectivity index (χ1) is 9.59. The van der Waals surface area contributed by atoms with Gasteiger partial charge in [0.2, 0.25) is 0 Å². The van der Waals surface area contributed by atoms with E-state index in [9.17, 15) is 5.11 Å². The van der Waals surface area contributed by atoms with Crippen LogP contribution in [0.25, 0.3) is 0 Å². The average molecular weight is 288 g/mol. The van der Waals surface area contributed by atoms with E-state index in [1.54, 1.807) is 11.1 Å². The standard InChI is InChI=1S/C19H28O.CH4/c1-12-3-5-16-15(12)7-8-18-17(16)6-4-13-11-14(20)9-10-19(13,18)2;/h4,14,16-18,20H,3,5-11H2,1-2H3;1H4/t14-,16?,17?,18?,19-;/m0./s1. The fraction of sp³-hybridized carbons (Fsp3) is 0.800. The maximum Gasteiger partial charge on any atom is 0.0577 e. The van der Waals surface area contributed by atoms with E-state index >= 15 is 0 Å². The lowest BCUT2D eigenvalue weighted by Gasteiger charge is -2.54. The summed E-state index contributed by atoms with van der Waals surface area (Å²) in [6.07, 6.45) is 12.5. The van der Waals surface area contributed by atoms with Gasteiger partial charge in [-0.15, -0.1) is 0 Å². The highest BCUT2D eigenvalue weighted by Crippen LogP contribution is 2.60. The molecule has 4 aliphatic carbocycles. The van der Waals surface area contributed by atoms with Crippen molar-refractivity contribution in [1.29, 1.82) is 0 Å². The zero-order valence-corrected chi connectivity index (χ0v) is 13.0. The Morgan fingerprint density at radius 3 is 2.81 bits per heavy atom. The molecule has 4 aliphatic rings. The second-order valence-electron chi connectivity index (χ2n) is 8.04. The van der Waals surface area contributed by atoms with E-state index in [0.717, 1.165) is 30.6 Å². The van der Waals surface area contributed by atoms with Gasteiger partial charge in [-0.3, -0.25) is 0 Å². The highest BCUT2D eigenvalue weighted by molar-refractivity contribution is 5.30. The summed E-state index contributed by atoms with van der Waals surface area (Å²) in [5.41, 5.74) is 5.55. The van der Waals surface area contributed by atoms with Crippen LogP contribution < -0.4 is 0 Å². The summed E-state index contributed by atoms with van der Waals surface area (Å²) in [7, 11) is 0. The van der Waals surface area contributed by atoms with Crippen LogP contribution in [0.5, 0.6) is 0 Å². The van der Waals surface area contributed by atoms with Crippen molar-refractivity contribution in [2.75, 3.05) is 0 Å². The summed E-state index contributed by atoms with van der Waals surface area (Å²) < 4.78 is 0. The molecule has 3 unspecified atom stereocenters. The van der Waals surface area contributed by atoms with Crippen LogP contribution in [0.2, 0.25) is 0 Å². The highest BCUT2D eigenvalue weighted by Gasteiger charge is 2.51. The average Bonchev–Trinajstić information content (AvgIpc) is 2.82. The number of fused-ring (bicyclic) bond motifs is 5. The van der Waals surface area contributed by atoms with Crippen LogP contribution in [0.1, 0.15) is 72.6 Å². The predicted molar refractivity (Wildman–Crippen MR) is 89.0 cm³/mol. The van der Waals surface area contributed by atoms with E-state index in [1.807, 2.05) is 5.57 Å². The van der Waals surface area contributed by atoms with Crippen molar-refractivity contribution in [3.05, 3.63) is 22.8 Å². The Kier molecular flexibility index (Phi) is 3.84. The van der Waals surface area contributed by atoms with Crippen LogP contribution in [0.15, 0.2) is 22.8 Å². The minimum atomic E-state index is -0.0707. The monoisotopic (exact) mass is 288 g/mol. The molecule has 1 heteroatoms. The summed E-state index contributed by atoms with van der Waals surface area (Å²) >= 11 is 0. The molecule has 4 rings (SSSR count). The van der Waals surface area contributed by atoms with Gasteiger partial charge < -0.3 is 5.11 Å². The van der Waals surface area contributed by atoms with Crippen molar-refractivity contribution in [2.45, 2.75) is 78.7 Å². The molecule has 1 N–H and O–H groups in total. The molecule has 2 saturated carbocycles. The van der Waals surface area contributed by atoms with Gasteiger partial charge in [-0.1, -0.05) is 37.1 Å². The van der Waals surface area contributed by atoms with Crippen LogP contribution in [0.3, 0.4) is 0 Å². The number of hydrogen-bond acceptors (Lipinski definition) is 1. The van der Waals surface area contributed by atoms with E-state index in [2.05, 4.69) is 19.9 Å². The molecule has 0 aromatic carbocycles. The summed E-state index contributed by atoms with van der Waals surface area (Å²) in [5.74, 6) is 2.69. The molecule has 0 aromatic heterocycles. The second-order valence-corrected chi connectivity index (χ2v) is 8.04. The van der Waals surface area contributed by atoms with E-state index in [1.165, 1.54) is 38.5 Å². The Bertz CT molecular complexity index is 486. The third kappa shape index (κ3) is 2.15. The zero-order chi connectivity index (χ0) is 13.9. The summed E-state index contributed by atoms with van der Waals surface area (Å²) in [4.78, 5) is 0. The molecular weight excluding hydrogens is 256 g/mol. The Labute approximate surface area is 130 Å². The van der Waals surface area contributed by atoms with E-state index in [0.29, 0.717) is 5.41 Å². The molecule has 5 atom stereocenters. The fourth-order valence-electron chi connectivity index (χ4n) is 6.05. The molecule has 0 saturated heterocycles. The van der Waals surface area contributed by atoms with Crippen molar-refractivity contribution in [3.63, 3.8) is 0 Å². The summed E-state index contributed by atoms with van der Waals surface area (Å²) in [5, 5.41) is 10.00. The lowest BCUT2D eigenvalue weighted by atomic mass is 9.51. The van der Waals surface area contributed by atoms with Crippen molar-refractivity contribution in [2.24, 2.45) is 23.2 Å². The zero-order valence-electron chi connectivity index (χ0n) is 13.0. The lowest BCUT2D eigenvalue weighted by Crippen LogP contribution is -2.46. The van der Waals surface area contributed by atoms with E-state index < -0.39 is 0 Å². The second kappa shape index (κ2) is 5.26. The van der Waals surface area contributed by atoms with Gasteiger partial charge in [0, 0.05) is 0 Å². The molecule has 0 spiro atoms. The molecule has 0 amide bonds. The van der Waals surface area contributed by atoms with Gasteiger partial charge >= 0.3 is 0 Å². The molecule has 118 valence electrons. The largest absolute Gasteiger partial charge is 0.393 e. The quantitative estimate of drug-likeness (QED) is 0.603. The lowest BCUT2D eigenvalue weighted by molar-refractivity contribution is 0.0240. The fourth-order valence-corrected chi connectivity index (χ4v) is 6.05. The molecule has 21 heavy (non-hydrogen) atoms. The normalized spacial score (nSPS) is 45.2. The SMILES string of the molecule is C.CC1=C2CCC3C(CC=C4C[C@@H](O)CC[C@@]43C)C2CC1. The third-order valence-corrected chi connectivity index (χ3v) is 7.23. The number of aliphatic hydroxyl groups is 1. The van der Waals surface area contributed by atoms with Crippen LogP contribution in [-0.2, 0) is 0 Å². The number of rotatable bonds is 0. The van der Waals surface area contributed by atoms with Crippen molar-refractivity contribution in [3.8, 4) is 0 Å². The van der Waals surface area contributed by atoms with Gasteiger partial charge in [-0.2, -0.15) is 0 Å². The Morgan fingerprint density at radius 2 is 2.00 bits per heavy atom. The van der Waals surface area contributed by atoms with Gasteiger partial charge in [0.25, 0.3) is 0 Å². The molecule has 0 aromatic rings. The van der Waals surface area contributed by atoms with Crippen molar-refractivity contribution >= 4 is 0 Å². The minimum Gasteiger partial charge on any atom is -0.393 e. The summed E-state index contributed by atoms with van der Waals surface area (Å²) in [6.45, 7) is 4.89. The Morgan fingerprint density at radius 1 is 1.19 bits per heavy atom. The molecule has 0 aliphatic heterocycles. The third-order valence-electron chi connectivity index (χ3n) is 7.23. The molecule has 0 radical (unpaired) electrons. The maximum absolute atomic E-state index is 10.00. The topological polar surface area (TPSA) is 20.2 Å². The Hall–Kier alpha value is -0.560. The van der Waals surface area contributed by atoms with Gasteiger partial charge in [0.15, 0.2) is 0 Å². The van der Waals surface area contributed by atoms with Gasteiger partial charge in [-0.25, -0.2) is 0 Å². The van der Waals surface area contributed by atoms with Gasteiger partial charge in [0.05, 0.1) is 6.10 Å². The molecule has 2 fully saturated rings. The maximum atomic E-state index is 10.00. The van der Waals surface area contributed by atoms with E-state index in [-0.39, 0.29) is 13.5 Å². The van der Waals surface area contributed by atoms with Crippen LogP contribution in [-0.4, -0.2) is 11.2 Å². The van der Waals surface area contributed by atoms with Crippen molar-refractivity contribution in [1.82, 2.24) is 0 Å². The van der Waals surface area contributed by atoms with Crippen molar-refractivity contribution < 1.29 is 5.11 Å². The highest BCUT2D eigenvalue weighted by atomic mass is 16.3. The van der Waals surface area contributed by atoms with Crippen LogP contribution in [0, 0.1) is 23.2 Å². The predicted octanol–water partition coefficient (Wildman–Crippen LogP) is 5.26. The molecule has 0 heterocycles.